The number of aryl methyl sites for hydroxylation is 1. The first kappa shape index (κ1) is 42.4. The number of nitrogens with one attached hydrogen (secondary N) is 3. The Morgan fingerprint density at radius 2 is 1.76 bits per heavy atom. The molecule has 18 heteroatoms. The number of piperidine rings is 2. The zero-order chi connectivity index (χ0) is 43.6. The smallest absolute Gasteiger partial charge is 0.284 e. The Bertz CT molecular complexity index is 2360. The molecule has 2 aliphatic carbocycles. The standard InChI is InChI=1S/C45H51F2N9O7/c46-40(47)39-33(50-41(58)34-25-63-43(51-34)29-14-17-48-36(21-29)49-22-26-6-7-26)24-55(53-39)30-10-8-27(9-11-30)23-54-18-15-31(16-19-54)62-20-2-4-28-3-1-5-32-38(28)45(61)56(44(32)60)35-12-13-37(57)52-42(35)59/h1,3,5,14,17,21,24-27,30-31,35,40H,2,4,6-13,15-16,18-20,22-23H2,(H,48,49)(H,50,58)(H,52,57,59). The van der Waals surface area contributed by atoms with Crippen molar-refractivity contribution in [2.24, 2.45) is 11.8 Å². The highest BCUT2D eigenvalue weighted by Gasteiger charge is 2.45. The fourth-order valence-electron chi connectivity index (χ4n) is 9.30. The number of ether oxygens (including phenoxy) is 1. The van der Waals surface area contributed by atoms with Crippen molar-refractivity contribution in [3.63, 3.8) is 0 Å². The Labute approximate surface area is 362 Å². The van der Waals surface area contributed by atoms with Crippen LogP contribution in [0, 0.1) is 11.8 Å². The van der Waals surface area contributed by atoms with Gasteiger partial charge in [-0.15, -0.1) is 0 Å². The van der Waals surface area contributed by atoms with Crippen LogP contribution in [-0.4, -0.2) is 104 Å². The van der Waals surface area contributed by atoms with Crippen LogP contribution in [0.25, 0.3) is 11.5 Å². The Hall–Kier alpha value is -5.88. The number of alkyl halides is 2. The number of oxazole rings is 1. The number of carbonyl (C=O) groups is 5. The van der Waals surface area contributed by atoms with Crippen LogP contribution in [-0.2, 0) is 20.7 Å². The maximum Gasteiger partial charge on any atom is 0.284 e. The van der Waals surface area contributed by atoms with Crippen molar-refractivity contribution < 1.29 is 41.9 Å². The summed E-state index contributed by atoms with van der Waals surface area (Å²) in [6.45, 7) is 4.14. The van der Waals surface area contributed by atoms with Gasteiger partial charge in [0.25, 0.3) is 24.1 Å². The quantitative estimate of drug-likeness (QED) is 0.0856. The maximum atomic E-state index is 14.2. The lowest BCUT2D eigenvalue weighted by Gasteiger charge is -2.36. The highest BCUT2D eigenvalue weighted by molar-refractivity contribution is 6.24. The van der Waals surface area contributed by atoms with Gasteiger partial charge in [0.2, 0.25) is 17.7 Å². The number of aromatic nitrogens is 4. The number of rotatable bonds is 16. The van der Waals surface area contributed by atoms with E-state index in [0.29, 0.717) is 48.2 Å². The van der Waals surface area contributed by atoms with Crippen molar-refractivity contribution in [3.05, 3.63) is 77.1 Å². The van der Waals surface area contributed by atoms with Crippen LogP contribution >= 0.6 is 0 Å². The Morgan fingerprint density at radius 3 is 2.52 bits per heavy atom. The van der Waals surface area contributed by atoms with Crippen LogP contribution in [0.3, 0.4) is 0 Å². The van der Waals surface area contributed by atoms with Gasteiger partial charge in [-0.1, -0.05) is 12.1 Å². The number of likely N-dealkylation sites (tertiary alicyclic amines) is 1. The Morgan fingerprint density at radius 1 is 0.968 bits per heavy atom. The molecule has 0 bridgehead atoms. The maximum absolute atomic E-state index is 14.2. The lowest BCUT2D eigenvalue weighted by molar-refractivity contribution is -0.136. The fourth-order valence-corrected chi connectivity index (χ4v) is 9.30. The van der Waals surface area contributed by atoms with Crippen molar-refractivity contribution in [2.75, 3.05) is 43.4 Å². The highest BCUT2D eigenvalue weighted by atomic mass is 19.3. The van der Waals surface area contributed by atoms with Crippen LogP contribution < -0.4 is 16.0 Å². The minimum Gasteiger partial charge on any atom is -0.444 e. The number of benzene rings is 1. The molecule has 6 heterocycles. The fraction of sp³-hybridized carbons (Fsp3) is 0.511. The molecule has 16 nitrogen and oxygen atoms in total. The normalized spacial score (nSPS) is 22.1. The van der Waals surface area contributed by atoms with Gasteiger partial charge >= 0.3 is 0 Å². The van der Waals surface area contributed by atoms with Gasteiger partial charge in [0.1, 0.15) is 18.1 Å². The van der Waals surface area contributed by atoms with Crippen molar-refractivity contribution >= 4 is 41.0 Å². The van der Waals surface area contributed by atoms with E-state index in [9.17, 15) is 32.8 Å². The van der Waals surface area contributed by atoms with Gasteiger partial charge in [-0.05, 0) is 106 Å². The zero-order valence-corrected chi connectivity index (χ0v) is 34.9. The summed E-state index contributed by atoms with van der Waals surface area (Å²) in [5, 5.41) is 12.4. The SMILES string of the molecule is O=C1CCC(N2C(=O)c3cccc(CCCOC4CCN(CC5CCC(n6cc(NC(=O)c7coc(-c8ccnc(NCC9CC9)c8)n7)c(C(F)F)n6)CC5)CC4)c3C2=O)C(=O)N1. The summed E-state index contributed by atoms with van der Waals surface area (Å²) in [7, 11) is 0. The van der Waals surface area contributed by atoms with Crippen LogP contribution in [0.4, 0.5) is 20.3 Å². The van der Waals surface area contributed by atoms with E-state index in [4.69, 9.17) is 9.15 Å². The molecule has 2 saturated heterocycles. The van der Waals surface area contributed by atoms with Crippen LogP contribution in [0.1, 0.15) is 126 Å². The van der Waals surface area contributed by atoms with Crippen molar-refractivity contribution in [3.8, 4) is 11.5 Å². The minimum absolute atomic E-state index is 0.0367. The first-order valence-electron chi connectivity index (χ1n) is 22.1. The van der Waals surface area contributed by atoms with E-state index in [1.807, 2.05) is 6.07 Å². The van der Waals surface area contributed by atoms with E-state index in [1.54, 1.807) is 35.1 Å². The molecule has 9 rings (SSSR count). The van der Waals surface area contributed by atoms with Gasteiger partial charge in [0.15, 0.2) is 11.4 Å². The van der Waals surface area contributed by atoms with Crippen molar-refractivity contribution in [2.45, 2.75) is 102 Å². The number of fused-ring (bicyclic) bond motifs is 1. The molecule has 4 aromatic rings. The van der Waals surface area contributed by atoms with Gasteiger partial charge in [0, 0.05) is 57.2 Å². The number of hydrogen-bond donors (Lipinski definition) is 3. The summed E-state index contributed by atoms with van der Waals surface area (Å²) < 4.78 is 41.8. The second kappa shape index (κ2) is 18.5. The van der Waals surface area contributed by atoms with E-state index >= 15 is 0 Å². The van der Waals surface area contributed by atoms with Gasteiger partial charge < -0.3 is 24.7 Å². The summed E-state index contributed by atoms with van der Waals surface area (Å²) in [5.74, 6) is -0.658. The van der Waals surface area contributed by atoms with Crippen LogP contribution in [0.5, 0.6) is 0 Å². The molecule has 0 radical (unpaired) electrons. The van der Waals surface area contributed by atoms with Crippen molar-refractivity contribution in [1.29, 1.82) is 0 Å². The molecular formula is C45H51F2N9O7. The third-order valence-corrected chi connectivity index (χ3v) is 13.0. The van der Waals surface area contributed by atoms with E-state index in [-0.39, 0.29) is 47.8 Å². The number of hydrogen-bond acceptors (Lipinski definition) is 12. The van der Waals surface area contributed by atoms with Crippen LogP contribution in [0.2, 0.25) is 0 Å². The molecular weight excluding hydrogens is 817 g/mol. The number of anilines is 2. The molecule has 1 unspecified atom stereocenters. The Kier molecular flexibility index (Phi) is 12.4. The van der Waals surface area contributed by atoms with Gasteiger partial charge in [-0.25, -0.2) is 18.7 Å². The average molecular weight is 868 g/mol. The number of imide groups is 2. The monoisotopic (exact) mass is 867 g/mol. The minimum atomic E-state index is -2.88. The molecule has 1 atom stereocenters. The van der Waals surface area contributed by atoms with Gasteiger partial charge in [-0.3, -0.25) is 38.9 Å². The number of halogens is 2. The summed E-state index contributed by atoms with van der Waals surface area (Å²) in [6, 6.07) is 7.66. The molecule has 5 aliphatic rings. The predicted octanol–water partition coefficient (Wildman–Crippen LogP) is 6.19. The third kappa shape index (κ3) is 9.56. The average Bonchev–Trinajstić information content (AvgIpc) is 3.69. The predicted molar refractivity (Wildman–Crippen MR) is 224 cm³/mol. The number of carbonyl (C=O) groups excluding carboxylic acids is 5. The van der Waals surface area contributed by atoms with Gasteiger partial charge in [-0.2, -0.15) is 5.10 Å². The molecule has 4 fully saturated rings. The van der Waals surface area contributed by atoms with Gasteiger partial charge in [0.05, 0.1) is 29.0 Å². The summed E-state index contributed by atoms with van der Waals surface area (Å²) >= 11 is 0. The largest absolute Gasteiger partial charge is 0.444 e. The molecule has 5 amide bonds. The molecule has 63 heavy (non-hydrogen) atoms. The van der Waals surface area contributed by atoms with E-state index in [1.165, 1.54) is 25.3 Å². The lowest BCUT2D eigenvalue weighted by Crippen LogP contribution is -2.54. The zero-order valence-electron chi connectivity index (χ0n) is 34.9. The van der Waals surface area contributed by atoms with E-state index in [0.717, 1.165) is 75.2 Å². The molecule has 3 aliphatic heterocycles. The third-order valence-electron chi connectivity index (χ3n) is 13.0. The second-order valence-corrected chi connectivity index (χ2v) is 17.4. The Balaban J connectivity index is 0.703. The van der Waals surface area contributed by atoms with E-state index in [2.05, 4.69) is 35.9 Å². The first-order valence-corrected chi connectivity index (χ1v) is 22.1. The number of amides is 5. The highest BCUT2D eigenvalue weighted by Crippen LogP contribution is 2.36. The molecule has 1 aromatic carbocycles. The summed E-state index contributed by atoms with van der Waals surface area (Å²) in [5.41, 5.74) is 1.44. The first-order chi connectivity index (χ1) is 30.6. The molecule has 3 aromatic heterocycles. The second-order valence-electron chi connectivity index (χ2n) is 17.4. The molecule has 2 saturated carbocycles. The molecule has 332 valence electrons. The summed E-state index contributed by atoms with van der Waals surface area (Å²) in [4.78, 5) is 76.0. The van der Waals surface area contributed by atoms with E-state index < -0.39 is 47.7 Å². The molecule has 3 N–H and O–H groups in total. The topological polar surface area (TPSA) is 194 Å². The summed E-state index contributed by atoms with van der Waals surface area (Å²) in [6.07, 6.45) is 10.7. The number of pyridine rings is 1. The lowest BCUT2D eigenvalue weighted by atomic mass is 9.85. The number of nitrogens with zero attached hydrogens (tertiary/aromatic N) is 6. The van der Waals surface area contributed by atoms with Crippen molar-refractivity contribution in [1.82, 2.24) is 34.9 Å². The van der Waals surface area contributed by atoms with Crippen LogP contribution in [0.15, 0.2) is 53.4 Å². The molecule has 0 spiro atoms.